The number of aromatic nitrogens is 19. The van der Waals surface area contributed by atoms with E-state index in [4.69, 9.17) is 49.5 Å². The zero-order valence-corrected chi connectivity index (χ0v) is 60.9. The van der Waals surface area contributed by atoms with Gasteiger partial charge in [0.15, 0.2) is 22.6 Å². The molecule has 0 spiro atoms. The van der Waals surface area contributed by atoms with Gasteiger partial charge < -0.3 is 44.2 Å². The molecule has 1 aliphatic rings. The molecule has 12 N–H and O–H groups in total. The highest BCUT2D eigenvalue weighted by molar-refractivity contribution is 9.11. The molecule has 12 heterocycles. The van der Waals surface area contributed by atoms with Crippen molar-refractivity contribution in [3.8, 4) is 33.8 Å². The molecule has 0 saturated heterocycles. The fourth-order valence-corrected chi connectivity index (χ4v) is 12.5. The number of rotatable bonds is 16. The number of hydrogen-bond acceptors (Lipinski definition) is 23. The number of nitrogens with one attached hydrogen (secondary N) is 4. The van der Waals surface area contributed by atoms with Gasteiger partial charge in [-0.3, -0.25) is 0 Å². The van der Waals surface area contributed by atoms with Crippen LogP contribution < -0.4 is 44.2 Å². The highest BCUT2D eigenvalue weighted by Crippen LogP contribution is 2.36. The Morgan fingerprint density at radius 3 is 1.24 bits per heavy atom. The highest BCUT2D eigenvalue weighted by Gasteiger charge is 2.22. The van der Waals surface area contributed by atoms with Crippen molar-refractivity contribution in [3.05, 3.63) is 240 Å². The van der Waals surface area contributed by atoms with Gasteiger partial charge in [0.05, 0.1) is 59.8 Å². The lowest BCUT2D eigenvalue weighted by molar-refractivity contribution is 0.437. The summed E-state index contributed by atoms with van der Waals surface area (Å²) in [6, 6.07) is 35.7. The zero-order chi connectivity index (χ0) is 70.6. The van der Waals surface area contributed by atoms with E-state index in [1.165, 1.54) is 38.2 Å². The molecule has 33 heteroatoms. The third-order valence-electron chi connectivity index (χ3n) is 16.0. The molecule has 3 aromatic carbocycles. The van der Waals surface area contributed by atoms with Crippen LogP contribution >= 0.6 is 75.3 Å². The minimum Gasteiger partial charge on any atom is -0.384 e. The molecule has 0 amide bonds. The molecular weight excluding hydrogens is 1580 g/mol. The smallest absolute Gasteiger partial charge is 0.219 e. The molecule has 1 saturated carbocycles. The molecule has 0 unspecified atom stereocenters. The Kier molecular flexibility index (Phi) is 21.9. The summed E-state index contributed by atoms with van der Waals surface area (Å²) in [5.74, 6) is 4.67. The first kappa shape index (κ1) is 69.5. The number of fused-ring (bicyclic) bond motifs is 4. The predicted molar refractivity (Wildman–Crippen MR) is 407 cm³/mol. The van der Waals surface area contributed by atoms with Crippen molar-refractivity contribution in [2.24, 2.45) is 0 Å². The van der Waals surface area contributed by atoms with Gasteiger partial charge in [-0.1, -0.05) is 97.6 Å². The zero-order valence-electron chi connectivity index (χ0n) is 53.8. The summed E-state index contributed by atoms with van der Waals surface area (Å²) in [4.78, 5) is 46.9. The minimum atomic E-state index is -0.335. The predicted octanol–water partition coefficient (Wildman–Crippen LogP) is 14.4. The quantitative estimate of drug-likeness (QED) is 0.0445. The van der Waals surface area contributed by atoms with Crippen LogP contribution in [0.3, 0.4) is 0 Å². The molecule has 102 heavy (non-hydrogen) atoms. The second kappa shape index (κ2) is 32.2. The van der Waals surface area contributed by atoms with Gasteiger partial charge in [0, 0.05) is 144 Å². The Morgan fingerprint density at radius 1 is 0.402 bits per heavy atom. The van der Waals surface area contributed by atoms with E-state index in [9.17, 15) is 4.39 Å². The number of pyridine rings is 1. The van der Waals surface area contributed by atoms with E-state index in [-0.39, 0.29) is 23.7 Å². The summed E-state index contributed by atoms with van der Waals surface area (Å²) < 4.78 is 24.4. The maximum atomic E-state index is 14.2. The van der Waals surface area contributed by atoms with Crippen LogP contribution in [-0.2, 0) is 26.2 Å². The molecule has 12 aromatic heterocycles. The monoisotopic (exact) mass is 1640 g/mol. The average Bonchev–Trinajstić information content (AvgIpc) is 1.52. The van der Waals surface area contributed by atoms with Gasteiger partial charge in [0.25, 0.3) is 0 Å². The van der Waals surface area contributed by atoms with Gasteiger partial charge in [0.1, 0.15) is 34.9 Å². The molecule has 1 fully saturated rings. The van der Waals surface area contributed by atoms with Crippen molar-refractivity contribution in [2.45, 2.75) is 64.2 Å². The van der Waals surface area contributed by atoms with Crippen LogP contribution in [0, 0.1) is 5.82 Å². The summed E-state index contributed by atoms with van der Waals surface area (Å²) in [6.45, 7) is 2.17. The van der Waals surface area contributed by atoms with Gasteiger partial charge in [-0.05, 0) is 106 Å². The third-order valence-corrected chi connectivity index (χ3v) is 18.6. The molecule has 0 aliphatic heterocycles. The number of halogens is 6. The Hall–Kier alpha value is -10.9. The second-order valence-electron chi connectivity index (χ2n) is 23.1. The lowest BCUT2D eigenvalue weighted by Crippen LogP contribution is -2.12. The lowest BCUT2D eigenvalue weighted by Gasteiger charge is -2.22. The fourth-order valence-electron chi connectivity index (χ4n) is 10.9. The molecule has 16 rings (SSSR count). The van der Waals surface area contributed by atoms with Crippen molar-refractivity contribution < 1.29 is 4.39 Å². The van der Waals surface area contributed by atoms with Crippen LogP contribution in [-0.4, -0.2) is 93.3 Å². The van der Waals surface area contributed by atoms with Crippen LogP contribution in [0.4, 0.5) is 51.3 Å². The first-order valence-corrected chi connectivity index (χ1v) is 35.3. The van der Waals surface area contributed by atoms with Crippen molar-refractivity contribution in [2.75, 3.05) is 44.2 Å². The van der Waals surface area contributed by atoms with Crippen LogP contribution in [0.2, 0.25) is 5.02 Å². The van der Waals surface area contributed by atoms with Crippen LogP contribution in [0.25, 0.3) is 56.4 Å². The Morgan fingerprint density at radius 2 is 0.784 bits per heavy atom. The number of nitrogens with two attached hydrogens (primary N) is 4. The summed E-state index contributed by atoms with van der Waals surface area (Å²) in [6.07, 6.45) is 25.1. The van der Waals surface area contributed by atoms with E-state index in [1.807, 2.05) is 77.3 Å². The lowest BCUT2D eigenvalue weighted by atomic mass is 9.87. The number of nitrogen functional groups attached to an aromatic ring is 4. The number of hydrogen-bond donors (Lipinski definition) is 8. The van der Waals surface area contributed by atoms with Crippen LogP contribution in [0.15, 0.2) is 201 Å². The number of nitrogens with zero attached hydrogens (tertiary/aromatic N) is 19. The van der Waals surface area contributed by atoms with E-state index < -0.39 is 0 Å². The van der Waals surface area contributed by atoms with Gasteiger partial charge in [-0.2, -0.15) is 38.5 Å². The van der Waals surface area contributed by atoms with E-state index in [1.54, 1.807) is 112 Å². The summed E-state index contributed by atoms with van der Waals surface area (Å²) in [5.41, 5.74) is 34.4. The first-order chi connectivity index (χ1) is 49.6. The minimum absolute atomic E-state index is 0.220. The number of benzene rings is 3. The topological polar surface area (TPSA) is 363 Å². The molecule has 15 aromatic rings. The average molecular weight is 1640 g/mol. The normalized spacial score (nSPS) is 12.1. The molecule has 1 aliphatic carbocycles. The molecule has 0 atom stereocenters. The van der Waals surface area contributed by atoms with Crippen LogP contribution in [0.1, 0.15) is 66.0 Å². The Bertz CT molecular complexity index is 5200. The van der Waals surface area contributed by atoms with Crippen molar-refractivity contribution in [3.63, 3.8) is 0 Å². The summed E-state index contributed by atoms with van der Waals surface area (Å²) >= 11 is 20.3. The summed E-state index contributed by atoms with van der Waals surface area (Å²) in [7, 11) is 0. The first-order valence-electron chi connectivity index (χ1n) is 31.7. The van der Waals surface area contributed by atoms with Gasteiger partial charge in [-0.15, -0.1) is 0 Å². The van der Waals surface area contributed by atoms with E-state index >= 15 is 0 Å². The molecule has 0 radical (unpaired) electrons. The van der Waals surface area contributed by atoms with E-state index in [2.05, 4.69) is 151 Å². The van der Waals surface area contributed by atoms with Crippen molar-refractivity contribution >= 4 is 145 Å². The standard InChI is InChI=1S/C18H14BrClN6.C17H13BrFN7.C17H20BrN7.C17H14BrN7/c19-13-10-24-26-17(23-9-11-5-6-16(21)22-8-11)7-15(25-18(13)26)12-3-1-2-4-14(12)20;18-12-9-24-26-15(21-6-10-7-22-17(20)23-8-10)5-14(25-16(12)26)11-3-1-2-4-13(11)19;2*18-13-10-23-25-15(20-7-11-8-21-17(19)22-9-11)6-14(24-16(13)25)12-4-2-1-3-5-12/h1-8,10,23H,9H2,(H2,21,22);1-5,7-9,21H,6H2,(H2,20,22,23);6,8-10,12,20H,1-5,7H2,(H2,19,21,22);1-6,8-10,20H,7H2,(H2,19,21,22). The van der Waals surface area contributed by atoms with E-state index in [0.717, 1.165) is 97.1 Å². The maximum Gasteiger partial charge on any atom is 0.219 e. The number of anilines is 8. The Balaban J connectivity index is 0.000000121. The largest absolute Gasteiger partial charge is 0.384 e. The van der Waals surface area contributed by atoms with Gasteiger partial charge in [0.2, 0.25) is 17.8 Å². The molecule has 0 bridgehead atoms. The van der Waals surface area contributed by atoms with Crippen LogP contribution in [0.5, 0.6) is 0 Å². The third kappa shape index (κ3) is 16.8. The van der Waals surface area contributed by atoms with Gasteiger partial charge in [-0.25, -0.2) is 59.2 Å². The van der Waals surface area contributed by atoms with Gasteiger partial charge >= 0.3 is 0 Å². The highest BCUT2D eigenvalue weighted by atomic mass is 79.9. The molecular formula is C69H61Br4ClFN27. The maximum absolute atomic E-state index is 14.2. The Labute approximate surface area is 620 Å². The fraction of sp³-hybridized carbons (Fsp3) is 0.145. The van der Waals surface area contributed by atoms with Crippen molar-refractivity contribution in [1.29, 1.82) is 0 Å². The van der Waals surface area contributed by atoms with E-state index in [0.29, 0.717) is 71.3 Å². The van der Waals surface area contributed by atoms with Crippen molar-refractivity contribution in [1.82, 2.24) is 93.3 Å². The SMILES string of the molecule is Nc1ccc(CNc2cc(-c3ccccc3Cl)nc3c(Br)cnn23)cn1.Nc1ncc(CNc2cc(-c3ccccc3)nc3c(Br)cnn23)cn1.Nc1ncc(CNc2cc(-c3ccccc3F)nc3c(Br)cnn23)cn1.Nc1ncc(CNc2cc(C3CCCCC3)nc3c(Br)cnn23)cn1. The second-order valence-corrected chi connectivity index (χ2v) is 26.9. The summed E-state index contributed by atoms with van der Waals surface area (Å²) in [5, 5.41) is 31.6. The molecule has 27 nitrogen and oxygen atoms in total. The molecule has 514 valence electrons.